The highest BCUT2D eigenvalue weighted by Crippen LogP contribution is 2.42. The summed E-state index contributed by atoms with van der Waals surface area (Å²) in [6.07, 6.45) is 3.01. The van der Waals surface area contributed by atoms with E-state index in [1.54, 1.807) is 18.2 Å². The Balaban J connectivity index is 1.74. The molecule has 4 heteroatoms. The number of nitrogens with zero attached hydrogens (tertiary/aromatic N) is 1. The van der Waals surface area contributed by atoms with Crippen LogP contribution in [0.2, 0.25) is 0 Å². The molecule has 1 aliphatic rings. The van der Waals surface area contributed by atoms with Crippen LogP contribution in [0.15, 0.2) is 73.3 Å². The molecule has 23 heavy (non-hydrogen) atoms. The second kappa shape index (κ2) is 6.57. The topological polar surface area (TPSA) is 38.8 Å². The maximum atomic E-state index is 12.9. The zero-order chi connectivity index (χ0) is 16.1. The highest BCUT2D eigenvalue weighted by atomic mass is 16.7. The molecule has 0 atom stereocenters. The van der Waals surface area contributed by atoms with Gasteiger partial charge in [0.15, 0.2) is 11.4 Å². The number of benzene rings is 2. The molecule has 0 saturated heterocycles. The van der Waals surface area contributed by atoms with Crippen molar-refractivity contribution in [1.82, 2.24) is 5.06 Å². The van der Waals surface area contributed by atoms with E-state index in [0.29, 0.717) is 30.9 Å². The summed E-state index contributed by atoms with van der Waals surface area (Å²) in [5, 5.41) is 1.32. The van der Waals surface area contributed by atoms with Gasteiger partial charge >= 0.3 is 0 Å². The third kappa shape index (κ3) is 3.54. The Labute approximate surface area is 135 Å². The molecule has 1 aliphatic carbocycles. The molecule has 0 bridgehead atoms. The van der Waals surface area contributed by atoms with E-state index in [9.17, 15) is 4.79 Å². The van der Waals surface area contributed by atoms with Crippen LogP contribution in [0.25, 0.3) is 0 Å². The van der Waals surface area contributed by atoms with Crippen LogP contribution in [0.4, 0.5) is 0 Å². The smallest absolute Gasteiger partial charge is 0.299 e. The molecule has 3 rings (SSSR count). The molecule has 118 valence electrons. The number of amides is 1. The van der Waals surface area contributed by atoms with Gasteiger partial charge in [0.2, 0.25) is 0 Å². The molecule has 0 aliphatic heterocycles. The van der Waals surface area contributed by atoms with Crippen molar-refractivity contribution in [2.45, 2.75) is 18.4 Å². The summed E-state index contributed by atoms with van der Waals surface area (Å²) in [4.78, 5) is 18.6. The highest BCUT2D eigenvalue weighted by Gasteiger charge is 2.55. The zero-order valence-electron chi connectivity index (χ0n) is 12.9. The van der Waals surface area contributed by atoms with E-state index in [1.165, 1.54) is 5.06 Å². The summed E-state index contributed by atoms with van der Waals surface area (Å²) in [5.41, 5.74) is -0.820. The van der Waals surface area contributed by atoms with Gasteiger partial charge in [-0.3, -0.25) is 4.79 Å². The van der Waals surface area contributed by atoms with Crippen molar-refractivity contribution < 1.29 is 14.4 Å². The standard InChI is InChI=1S/C19H19NO3/c1-2-15-20(23-17-11-7-4-8-12-17)18(21)19(13-14-19)22-16-9-5-3-6-10-16/h2-12H,1,13-15H2. The van der Waals surface area contributed by atoms with Crippen molar-refractivity contribution >= 4 is 5.91 Å². The largest absolute Gasteiger partial charge is 0.477 e. The van der Waals surface area contributed by atoms with Crippen LogP contribution >= 0.6 is 0 Å². The van der Waals surface area contributed by atoms with Crippen molar-refractivity contribution in [3.8, 4) is 11.5 Å². The van der Waals surface area contributed by atoms with Crippen LogP contribution in [0.5, 0.6) is 11.5 Å². The van der Waals surface area contributed by atoms with Gasteiger partial charge < -0.3 is 9.57 Å². The minimum Gasteiger partial charge on any atom is -0.477 e. The molecule has 2 aromatic carbocycles. The third-order valence-electron chi connectivity index (χ3n) is 3.63. The molecule has 1 amide bonds. The maximum absolute atomic E-state index is 12.9. The number of carbonyl (C=O) groups excluding carboxylic acids is 1. The van der Waals surface area contributed by atoms with Gasteiger partial charge in [-0.2, -0.15) is 5.06 Å². The molecule has 0 unspecified atom stereocenters. The number of ether oxygens (including phenoxy) is 1. The summed E-state index contributed by atoms with van der Waals surface area (Å²) < 4.78 is 5.93. The van der Waals surface area contributed by atoms with Crippen molar-refractivity contribution in [2.24, 2.45) is 0 Å². The third-order valence-corrected chi connectivity index (χ3v) is 3.63. The van der Waals surface area contributed by atoms with Gasteiger partial charge in [0.05, 0.1) is 6.54 Å². The number of hydrogen-bond acceptors (Lipinski definition) is 3. The Morgan fingerprint density at radius 3 is 2.13 bits per heavy atom. The van der Waals surface area contributed by atoms with Gasteiger partial charge in [-0.05, 0) is 24.3 Å². The molecule has 0 N–H and O–H groups in total. The summed E-state index contributed by atoms with van der Waals surface area (Å²) in [6, 6.07) is 18.6. The molecule has 0 radical (unpaired) electrons. The molecule has 2 aromatic rings. The van der Waals surface area contributed by atoms with Gasteiger partial charge in [-0.25, -0.2) is 0 Å². The van der Waals surface area contributed by atoms with E-state index >= 15 is 0 Å². The van der Waals surface area contributed by atoms with Gasteiger partial charge in [-0.1, -0.05) is 42.5 Å². The fraction of sp³-hybridized carbons (Fsp3) is 0.211. The van der Waals surface area contributed by atoms with Crippen LogP contribution in [-0.2, 0) is 4.79 Å². The minimum absolute atomic E-state index is 0.176. The lowest BCUT2D eigenvalue weighted by molar-refractivity contribution is -0.165. The Morgan fingerprint density at radius 2 is 1.61 bits per heavy atom. The number of para-hydroxylation sites is 2. The highest BCUT2D eigenvalue weighted by molar-refractivity contribution is 5.88. The van der Waals surface area contributed by atoms with E-state index < -0.39 is 5.60 Å². The average molecular weight is 309 g/mol. The molecule has 0 spiro atoms. The van der Waals surface area contributed by atoms with E-state index in [1.807, 2.05) is 48.5 Å². The lowest BCUT2D eigenvalue weighted by atomic mass is 10.3. The molecule has 4 nitrogen and oxygen atoms in total. The van der Waals surface area contributed by atoms with Gasteiger partial charge in [0.1, 0.15) is 5.75 Å². The molecule has 0 heterocycles. The van der Waals surface area contributed by atoms with Crippen LogP contribution in [0, 0.1) is 0 Å². The number of carbonyl (C=O) groups is 1. The van der Waals surface area contributed by atoms with E-state index in [0.717, 1.165) is 0 Å². The normalized spacial score (nSPS) is 14.6. The fourth-order valence-corrected chi connectivity index (χ4v) is 2.30. The predicted octanol–water partition coefficient (Wildman–Crippen LogP) is 3.61. The Bertz CT molecular complexity index is 666. The van der Waals surface area contributed by atoms with Crippen LogP contribution in [0.3, 0.4) is 0 Å². The van der Waals surface area contributed by atoms with Gasteiger partial charge in [0.25, 0.3) is 5.91 Å². The van der Waals surface area contributed by atoms with E-state index in [4.69, 9.17) is 9.57 Å². The Morgan fingerprint density at radius 1 is 1.04 bits per heavy atom. The molecule has 1 saturated carbocycles. The molecular weight excluding hydrogens is 290 g/mol. The summed E-state index contributed by atoms with van der Waals surface area (Å²) in [7, 11) is 0. The quantitative estimate of drug-likeness (QED) is 0.579. The molecule has 0 aromatic heterocycles. The van der Waals surface area contributed by atoms with E-state index in [-0.39, 0.29) is 5.91 Å². The van der Waals surface area contributed by atoms with E-state index in [2.05, 4.69) is 6.58 Å². The first-order valence-corrected chi connectivity index (χ1v) is 7.63. The maximum Gasteiger partial charge on any atom is 0.299 e. The van der Waals surface area contributed by atoms with Crippen LogP contribution < -0.4 is 9.57 Å². The predicted molar refractivity (Wildman–Crippen MR) is 88.0 cm³/mol. The Hall–Kier alpha value is -2.75. The molecule has 1 fully saturated rings. The number of hydroxylamine groups is 2. The van der Waals surface area contributed by atoms with Crippen molar-refractivity contribution in [1.29, 1.82) is 0 Å². The second-order valence-electron chi connectivity index (χ2n) is 5.47. The number of rotatable bonds is 7. The lowest BCUT2D eigenvalue weighted by Gasteiger charge is -2.26. The first kappa shape index (κ1) is 15.2. The average Bonchev–Trinajstić information content (AvgIpc) is 3.36. The summed E-state index contributed by atoms with van der Waals surface area (Å²) in [6.45, 7) is 4.00. The first-order valence-electron chi connectivity index (χ1n) is 7.63. The Kier molecular flexibility index (Phi) is 4.33. The zero-order valence-corrected chi connectivity index (χ0v) is 12.9. The minimum atomic E-state index is -0.820. The van der Waals surface area contributed by atoms with Crippen molar-refractivity contribution in [3.05, 3.63) is 73.3 Å². The number of hydrogen-bond donors (Lipinski definition) is 0. The van der Waals surface area contributed by atoms with Gasteiger partial charge in [-0.15, -0.1) is 6.58 Å². The second-order valence-corrected chi connectivity index (χ2v) is 5.47. The summed E-state index contributed by atoms with van der Waals surface area (Å²) in [5.74, 6) is 1.12. The van der Waals surface area contributed by atoms with Crippen LogP contribution in [-0.4, -0.2) is 23.1 Å². The fourth-order valence-electron chi connectivity index (χ4n) is 2.30. The van der Waals surface area contributed by atoms with Crippen LogP contribution in [0.1, 0.15) is 12.8 Å². The SMILES string of the molecule is C=CCN(Oc1ccccc1)C(=O)C1(Oc2ccccc2)CC1. The van der Waals surface area contributed by atoms with Crippen molar-refractivity contribution in [3.63, 3.8) is 0 Å². The monoisotopic (exact) mass is 309 g/mol. The van der Waals surface area contributed by atoms with Gasteiger partial charge in [0, 0.05) is 12.8 Å². The summed E-state index contributed by atoms with van der Waals surface area (Å²) >= 11 is 0. The van der Waals surface area contributed by atoms with Crippen molar-refractivity contribution in [2.75, 3.05) is 6.54 Å². The lowest BCUT2D eigenvalue weighted by Crippen LogP contribution is -2.45. The molecular formula is C19H19NO3. The first-order chi connectivity index (χ1) is 11.2.